The van der Waals surface area contributed by atoms with Gasteiger partial charge in [-0.05, 0) is 140 Å². The fourth-order valence-corrected chi connectivity index (χ4v) is 11.2. The first kappa shape index (κ1) is 35.8. The summed E-state index contributed by atoms with van der Waals surface area (Å²) in [5.74, 6) is 0. The summed E-state index contributed by atoms with van der Waals surface area (Å²) in [6.45, 7) is 0. The zero-order valence-electron chi connectivity index (χ0n) is 34.7. The van der Waals surface area contributed by atoms with Gasteiger partial charge < -0.3 is 9.47 Å². The number of rotatable bonds is 6. The summed E-state index contributed by atoms with van der Waals surface area (Å²) in [5, 5.41) is 2.53. The molecule has 2 heteroatoms. The van der Waals surface area contributed by atoms with E-state index in [0.717, 1.165) is 35.6 Å². The predicted octanol–water partition coefficient (Wildman–Crippen LogP) is 16.0. The Morgan fingerprint density at radius 2 is 0.857 bits per heavy atom. The summed E-state index contributed by atoms with van der Waals surface area (Å²) in [5.41, 5.74) is 22.3. The van der Waals surface area contributed by atoms with E-state index in [1.807, 2.05) is 0 Å². The molecule has 1 heterocycles. The maximum absolute atomic E-state index is 2.39. The summed E-state index contributed by atoms with van der Waals surface area (Å²) >= 11 is 0. The van der Waals surface area contributed by atoms with E-state index in [-0.39, 0.29) is 5.41 Å². The van der Waals surface area contributed by atoms with Crippen LogP contribution >= 0.6 is 0 Å². The van der Waals surface area contributed by atoms with Gasteiger partial charge in [0, 0.05) is 33.5 Å². The molecule has 0 unspecified atom stereocenters. The quantitative estimate of drug-likeness (QED) is 0.163. The summed E-state index contributed by atoms with van der Waals surface area (Å²) in [6, 6.07) is 78.9. The average molecular weight is 803 g/mol. The van der Waals surface area contributed by atoms with Crippen molar-refractivity contribution in [2.75, 3.05) is 4.90 Å². The second-order valence-corrected chi connectivity index (χ2v) is 17.1. The number of hydrogen-bond acceptors (Lipinski definition) is 1. The van der Waals surface area contributed by atoms with Gasteiger partial charge in [0.2, 0.25) is 0 Å². The molecule has 0 saturated heterocycles. The minimum absolute atomic E-state index is 0.368. The van der Waals surface area contributed by atoms with Crippen LogP contribution in [0.3, 0.4) is 0 Å². The first-order valence-corrected chi connectivity index (χ1v) is 22.2. The highest BCUT2D eigenvalue weighted by molar-refractivity contribution is 6.09. The number of allylic oxidation sites excluding steroid dienone is 4. The molecule has 13 rings (SSSR count). The molecular formula is C61H42N2. The molecule has 0 aliphatic heterocycles. The fraction of sp³-hybridized carbons (Fsp3) is 0.0492. The number of hydrogen-bond donors (Lipinski definition) is 0. The Morgan fingerprint density at radius 3 is 1.44 bits per heavy atom. The molecule has 0 saturated carbocycles. The molecule has 3 aliphatic rings. The topological polar surface area (TPSA) is 8.17 Å². The summed E-state index contributed by atoms with van der Waals surface area (Å²) in [6.07, 6.45) is 9.08. The predicted molar refractivity (Wildman–Crippen MR) is 264 cm³/mol. The van der Waals surface area contributed by atoms with Crippen LogP contribution in [0.4, 0.5) is 17.1 Å². The number of benzene rings is 9. The van der Waals surface area contributed by atoms with Crippen molar-refractivity contribution in [2.24, 2.45) is 0 Å². The van der Waals surface area contributed by atoms with E-state index >= 15 is 0 Å². The van der Waals surface area contributed by atoms with Crippen LogP contribution in [0.2, 0.25) is 0 Å². The second kappa shape index (κ2) is 14.1. The molecule has 1 spiro atoms. The highest BCUT2D eigenvalue weighted by Gasteiger charge is 2.51. The monoisotopic (exact) mass is 802 g/mol. The van der Waals surface area contributed by atoms with Crippen molar-refractivity contribution in [3.05, 3.63) is 258 Å². The van der Waals surface area contributed by atoms with Crippen molar-refractivity contribution in [3.63, 3.8) is 0 Å². The Balaban J connectivity index is 0.934. The maximum atomic E-state index is 2.39. The number of anilines is 3. The van der Waals surface area contributed by atoms with E-state index in [1.165, 1.54) is 88.6 Å². The lowest BCUT2D eigenvalue weighted by atomic mass is 9.70. The molecule has 2 nitrogen and oxygen atoms in total. The van der Waals surface area contributed by atoms with Gasteiger partial charge >= 0.3 is 0 Å². The van der Waals surface area contributed by atoms with Crippen molar-refractivity contribution in [1.29, 1.82) is 0 Å². The van der Waals surface area contributed by atoms with Crippen LogP contribution in [0.1, 0.15) is 40.7 Å². The molecule has 0 bridgehead atoms. The zero-order chi connectivity index (χ0) is 41.5. The maximum Gasteiger partial charge on any atom is 0.0725 e. The highest BCUT2D eigenvalue weighted by Crippen LogP contribution is 2.64. The van der Waals surface area contributed by atoms with Crippen molar-refractivity contribution >= 4 is 44.4 Å². The van der Waals surface area contributed by atoms with Crippen LogP contribution in [-0.2, 0) is 5.41 Å². The highest BCUT2D eigenvalue weighted by atomic mass is 15.1. The molecule has 9 aromatic carbocycles. The molecule has 0 amide bonds. The van der Waals surface area contributed by atoms with Gasteiger partial charge in [-0.3, -0.25) is 0 Å². The van der Waals surface area contributed by atoms with E-state index in [1.54, 1.807) is 0 Å². The minimum atomic E-state index is -0.368. The fourth-order valence-electron chi connectivity index (χ4n) is 11.2. The van der Waals surface area contributed by atoms with Crippen LogP contribution in [0.15, 0.2) is 231 Å². The van der Waals surface area contributed by atoms with E-state index in [0.29, 0.717) is 0 Å². The lowest BCUT2D eigenvalue weighted by molar-refractivity contribution is 0.794. The van der Waals surface area contributed by atoms with E-state index in [2.05, 4.69) is 240 Å². The lowest BCUT2D eigenvalue weighted by Crippen LogP contribution is -2.25. The Kier molecular flexibility index (Phi) is 7.98. The van der Waals surface area contributed by atoms with Gasteiger partial charge in [-0.2, -0.15) is 0 Å². The summed E-state index contributed by atoms with van der Waals surface area (Å²) in [4.78, 5) is 2.39. The smallest absolute Gasteiger partial charge is 0.0725 e. The molecule has 3 aliphatic carbocycles. The summed E-state index contributed by atoms with van der Waals surface area (Å²) < 4.78 is 2.39. The Hall–Kier alpha value is -7.94. The molecule has 296 valence electrons. The van der Waals surface area contributed by atoms with E-state index < -0.39 is 0 Å². The Labute approximate surface area is 368 Å². The number of nitrogens with zero attached hydrogens (tertiary/aromatic N) is 2. The van der Waals surface area contributed by atoms with E-state index in [4.69, 9.17) is 0 Å². The standard InChI is InChI=1S/C61H42N2/c1-2-15-41(16-3-1)42-29-33-44(34-30-42)62(46-37-39-47(40-38-46)63-58-27-12-7-19-51(58)52-20-8-13-28-59(52)63)45-35-31-43(32-36-45)48-22-14-26-57-60(48)53-21-6-11-25-56(53)61(57)54-23-9-4-17-49(54)50-18-5-10-24-55(50)61/h2,4-40H,1,3H2. The third kappa shape index (κ3) is 5.25. The first-order chi connectivity index (χ1) is 31.3. The lowest BCUT2D eigenvalue weighted by Gasteiger charge is -2.30. The van der Waals surface area contributed by atoms with E-state index in [9.17, 15) is 0 Å². The zero-order valence-corrected chi connectivity index (χ0v) is 34.7. The molecule has 1 aromatic heterocycles. The van der Waals surface area contributed by atoms with Gasteiger partial charge in [0.15, 0.2) is 0 Å². The van der Waals surface area contributed by atoms with Gasteiger partial charge in [0.25, 0.3) is 0 Å². The van der Waals surface area contributed by atoms with Crippen molar-refractivity contribution < 1.29 is 0 Å². The number of fused-ring (bicyclic) bond motifs is 13. The molecule has 0 fully saturated rings. The van der Waals surface area contributed by atoms with Crippen LogP contribution in [0.5, 0.6) is 0 Å². The van der Waals surface area contributed by atoms with Crippen molar-refractivity contribution in [3.8, 4) is 39.1 Å². The largest absolute Gasteiger partial charge is 0.311 e. The van der Waals surface area contributed by atoms with Gasteiger partial charge in [-0.25, -0.2) is 0 Å². The van der Waals surface area contributed by atoms with Crippen LogP contribution in [-0.4, -0.2) is 4.57 Å². The van der Waals surface area contributed by atoms with Crippen molar-refractivity contribution in [2.45, 2.75) is 18.3 Å². The number of aromatic nitrogens is 1. The van der Waals surface area contributed by atoms with Crippen LogP contribution < -0.4 is 4.90 Å². The molecule has 0 radical (unpaired) electrons. The molecule has 63 heavy (non-hydrogen) atoms. The first-order valence-electron chi connectivity index (χ1n) is 22.2. The molecule has 10 aromatic rings. The van der Waals surface area contributed by atoms with Gasteiger partial charge in [-0.15, -0.1) is 0 Å². The van der Waals surface area contributed by atoms with Crippen LogP contribution in [0.25, 0.3) is 66.4 Å². The van der Waals surface area contributed by atoms with Crippen molar-refractivity contribution in [1.82, 2.24) is 4.57 Å². The normalized spacial score (nSPS) is 14.1. The van der Waals surface area contributed by atoms with Gasteiger partial charge in [-0.1, -0.05) is 170 Å². The minimum Gasteiger partial charge on any atom is -0.311 e. The second-order valence-electron chi connectivity index (χ2n) is 17.1. The SMILES string of the molecule is C1=CC(c2ccc(N(c3ccc(-c4cccc5c4-c4ccccc4C54c5ccccc5-c5ccccc54)cc3)c3ccc(-n4c5ccccc5c5ccccc54)cc3)cc2)=CCC1. The average Bonchev–Trinajstić information content (AvgIpc) is 3.97. The third-order valence-corrected chi connectivity index (χ3v) is 13.9. The number of para-hydroxylation sites is 2. The Bertz CT molecular complexity index is 3390. The Morgan fingerprint density at radius 1 is 0.381 bits per heavy atom. The molecule has 0 atom stereocenters. The van der Waals surface area contributed by atoms with Gasteiger partial charge in [0.1, 0.15) is 0 Å². The van der Waals surface area contributed by atoms with Crippen LogP contribution in [0, 0.1) is 0 Å². The summed E-state index contributed by atoms with van der Waals surface area (Å²) in [7, 11) is 0. The third-order valence-electron chi connectivity index (χ3n) is 13.9. The van der Waals surface area contributed by atoms with Gasteiger partial charge in [0.05, 0.1) is 16.4 Å². The molecular weight excluding hydrogens is 761 g/mol. The molecule has 0 N–H and O–H groups in total.